The van der Waals surface area contributed by atoms with E-state index in [1.807, 2.05) is 11.4 Å². The Hall–Kier alpha value is -1.99. The van der Waals surface area contributed by atoms with E-state index in [1.54, 1.807) is 42.5 Å². The minimum absolute atomic E-state index is 0.0216. The van der Waals surface area contributed by atoms with Gasteiger partial charge in [-0.1, -0.05) is 0 Å². The number of thiophene rings is 1. The van der Waals surface area contributed by atoms with Gasteiger partial charge in [-0.3, -0.25) is 9.48 Å². The molecule has 0 aliphatic rings. The highest BCUT2D eigenvalue weighted by atomic mass is 35.5. The second-order valence-corrected chi connectivity index (χ2v) is 5.95. The first-order chi connectivity index (χ1) is 10.0. The van der Waals surface area contributed by atoms with E-state index >= 15 is 0 Å². The molecule has 0 fully saturated rings. The molecule has 0 bridgehead atoms. The SMILES string of the molecule is CN(C)C(=O)Cn1cc(-c2nc(Cl)nc3ccsc23)cn1. The minimum atomic E-state index is -0.0216. The number of carbonyl (C=O) groups is 1. The maximum absolute atomic E-state index is 11.7. The number of hydrogen-bond acceptors (Lipinski definition) is 5. The molecular weight excluding hydrogens is 310 g/mol. The van der Waals surface area contributed by atoms with Crippen molar-refractivity contribution in [2.75, 3.05) is 14.1 Å². The molecule has 0 radical (unpaired) electrons. The monoisotopic (exact) mass is 321 g/mol. The fraction of sp³-hybridized carbons (Fsp3) is 0.231. The highest BCUT2D eigenvalue weighted by Gasteiger charge is 2.13. The summed E-state index contributed by atoms with van der Waals surface area (Å²) in [5.74, 6) is -0.0216. The third kappa shape index (κ3) is 2.74. The van der Waals surface area contributed by atoms with Crippen molar-refractivity contribution in [1.82, 2.24) is 24.6 Å². The smallest absolute Gasteiger partial charge is 0.243 e. The summed E-state index contributed by atoms with van der Waals surface area (Å²) in [5.41, 5.74) is 2.37. The average molecular weight is 322 g/mol. The van der Waals surface area contributed by atoms with Gasteiger partial charge in [0.2, 0.25) is 11.2 Å². The Kier molecular flexibility index (Phi) is 3.60. The van der Waals surface area contributed by atoms with Crippen molar-refractivity contribution >= 4 is 39.1 Å². The number of amides is 1. The summed E-state index contributed by atoms with van der Waals surface area (Å²) >= 11 is 7.51. The van der Waals surface area contributed by atoms with Crippen molar-refractivity contribution in [1.29, 1.82) is 0 Å². The Labute approximate surface area is 130 Å². The second kappa shape index (κ2) is 5.42. The normalized spacial score (nSPS) is 11.0. The molecule has 0 aliphatic heterocycles. The lowest BCUT2D eigenvalue weighted by atomic mass is 10.2. The first kappa shape index (κ1) is 14.0. The topological polar surface area (TPSA) is 63.9 Å². The number of fused-ring (bicyclic) bond motifs is 1. The van der Waals surface area contributed by atoms with Gasteiger partial charge in [-0.25, -0.2) is 9.97 Å². The van der Waals surface area contributed by atoms with Gasteiger partial charge in [-0.2, -0.15) is 5.10 Å². The summed E-state index contributed by atoms with van der Waals surface area (Å²) in [5, 5.41) is 6.35. The van der Waals surface area contributed by atoms with Gasteiger partial charge >= 0.3 is 0 Å². The van der Waals surface area contributed by atoms with Crippen molar-refractivity contribution < 1.29 is 4.79 Å². The molecule has 0 aliphatic carbocycles. The Bertz CT molecular complexity index is 810. The van der Waals surface area contributed by atoms with E-state index in [4.69, 9.17) is 11.6 Å². The number of nitrogens with zero attached hydrogens (tertiary/aromatic N) is 5. The van der Waals surface area contributed by atoms with Crippen LogP contribution in [0.5, 0.6) is 0 Å². The lowest BCUT2D eigenvalue weighted by Crippen LogP contribution is -2.26. The molecule has 3 aromatic heterocycles. The summed E-state index contributed by atoms with van der Waals surface area (Å²) in [6.07, 6.45) is 3.47. The van der Waals surface area contributed by atoms with E-state index in [2.05, 4.69) is 15.1 Å². The quantitative estimate of drug-likeness (QED) is 0.694. The van der Waals surface area contributed by atoms with Crippen LogP contribution in [0.2, 0.25) is 5.28 Å². The summed E-state index contributed by atoms with van der Waals surface area (Å²) in [7, 11) is 3.43. The maximum Gasteiger partial charge on any atom is 0.243 e. The number of carbonyl (C=O) groups excluding carboxylic acids is 1. The molecule has 0 saturated carbocycles. The molecule has 0 spiro atoms. The first-order valence-corrected chi connectivity index (χ1v) is 7.44. The summed E-state index contributed by atoms with van der Waals surface area (Å²) in [6, 6.07) is 1.90. The zero-order valence-electron chi connectivity index (χ0n) is 11.4. The minimum Gasteiger partial charge on any atom is -0.347 e. The van der Waals surface area contributed by atoms with Crippen LogP contribution in [0.25, 0.3) is 21.5 Å². The number of aromatic nitrogens is 4. The van der Waals surface area contributed by atoms with Crippen LogP contribution in [-0.2, 0) is 11.3 Å². The molecule has 3 rings (SSSR count). The standard InChI is InChI=1S/C13H12ClN5OS/c1-18(2)10(20)7-19-6-8(5-15-19)11-12-9(3-4-21-12)16-13(14)17-11/h3-6H,7H2,1-2H3. The van der Waals surface area contributed by atoms with Gasteiger partial charge in [-0.15, -0.1) is 11.3 Å². The number of likely N-dealkylation sites (N-methyl/N-ethyl adjacent to an activating group) is 1. The van der Waals surface area contributed by atoms with Crippen LogP contribution in [-0.4, -0.2) is 44.7 Å². The van der Waals surface area contributed by atoms with Gasteiger partial charge in [0.05, 0.1) is 22.1 Å². The van der Waals surface area contributed by atoms with Crippen molar-refractivity contribution in [2.24, 2.45) is 0 Å². The Morgan fingerprint density at radius 1 is 1.43 bits per heavy atom. The molecule has 0 unspecified atom stereocenters. The summed E-state index contributed by atoms with van der Waals surface area (Å²) in [6.45, 7) is 0.194. The van der Waals surface area contributed by atoms with E-state index in [0.717, 1.165) is 21.5 Å². The molecule has 8 heteroatoms. The zero-order chi connectivity index (χ0) is 15.0. The molecule has 1 amide bonds. The van der Waals surface area contributed by atoms with Crippen LogP contribution in [0, 0.1) is 0 Å². The van der Waals surface area contributed by atoms with E-state index in [1.165, 1.54) is 4.90 Å². The van der Waals surface area contributed by atoms with E-state index < -0.39 is 0 Å². The van der Waals surface area contributed by atoms with Crippen LogP contribution in [0.4, 0.5) is 0 Å². The van der Waals surface area contributed by atoms with Crippen LogP contribution >= 0.6 is 22.9 Å². The zero-order valence-corrected chi connectivity index (χ0v) is 13.0. The van der Waals surface area contributed by atoms with Crippen LogP contribution < -0.4 is 0 Å². The summed E-state index contributed by atoms with van der Waals surface area (Å²) < 4.78 is 2.55. The van der Waals surface area contributed by atoms with E-state index in [-0.39, 0.29) is 17.7 Å². The molecule has 0 atom stereocenters. The molecule has 0 N–H and O–H groups in total. The highest BCUT2D eigenvalue weighted by molar-refractivity contribution is 7.17. The van der Waals surface area contributed by atoms with Crippen LogP contribution in [0.1, 0.15) is 0 Å². The predicted octanol–water partition coefficient (Wildman–Crippen LogP) is 2.30. The molecule has 3 aromatic rings. The third-order valence-electron chi connectivity index (χ3n) is 2.98. The Morgan fingerprint density at radius 2 is 2.24 bits per heavy atom. The number of hydrogen-bond donors (Lipinski definition) is 0. The van der Waals surface area contributed by atoms with Gasteiger partial charge < -0.3 is 4.90 Å². The number of halogens is 1. The van der Waals surface area contributed by atoms with Crippen molar-refractivity contribution in [2.45, 2.75) is 6.54 Å². The summed E-state index contributed by atoms with van der Waals surface area (Å²) in [4.78, 5) is 21.7. The molecule has 0 saturated heterocycles. The molecular formula is C13H12ClN5OS. The fourth-order valence-corrected chi connectivity index (χ4v) is 2.90. The maximum atomic E-state index is 11.7. The average Bonchev–Trinajstić information content (AvgIpc) is 3.06. The highest BCUT2D eigenvalue weighted by Crippen LogP contribution is 2.30. The van der Waals surface area contributed by atoms with Gasteiger partial charge in [0, 0.05) is 25.9 Å². The third-order valence-corrected chi connectivity index (χ3v) is 4.06. The number of rotatable bonds is 3. The molecule has 108 valence electrons. The van der Waals surface area contributed by atoms with Crippen molar-refractivity contribution in [3.63, 3.8) is 0 Å². The van der Waals surface area contributed by atoms with Gasteiger partial charge in [0.25, 0.3) is 0 Å². The van der Waals surface area contributed by atoms with E-state index in [9.17, 15) is 4.79 Å². The van der Waals surface area contributed by atoms with Gasteiger partial charge in [0.15, 0.2) is 0 Å². The van der Waals surface area contributed by atoms with Crippen molar-refractivity contribution in [3.8, 4) is 11.3 Å². The fourth-order valence-electron chi connectivity index (χ4n) is 1.88. The lowest BCUT2D eigenvalue weighted by Gasteiger charge is -2.09. The van der Waals surface area contributed by atoms with Crippen LogP contribution in [0.15, 0.2) is 23.8 Å². The molecule has 21 heavy (non-hydrogen) atoms. The largest absolute Gasteiger partial charge is 0.347 e. The van der Waals surface area contributed by atoms with Gasteiger partial charge in [-0.05, 0) is 23.0 Å². The van der Waals surface area contributed by atoms with Crippen LogP contribution in [0.3, 0.4) is 0 Å². The second-order valence-electron chi connectivity index (χ2n) is 4.69. The van der Waals surface area contributed by atoms with Crippen molar-refractivity contribution in [3.05, 3.63) is 29.1 Å². The van der Waals surface area contributed by atoms with E-state index in [0.29, 0.717) is 0 Å². The molecule has 0 aromatic carbocycles. The first-order valence-electron chi connectivity index (χ1n) is 6.18. The predicted molar refractivity (Wildman–Crippen MR) is 82.3 cm³/mol. The van der Waals surface area contributed by atoms with Gasteiger partial charge in [0.1, 0.15) is 6.54 Å². The lowest BCUT2D eigenvalue weighted by molar-refractivity contribution is -0.129. The Morgan fingerprint density at radius 3 is 3.00 bits per heavy atom. The Balaban J connectivity index is 1.98. The molecule has 3 heterocycles. The molecule has 6 nitrogen and oxygen atoms in total.